The fraction of sp³-hybridized carbons (Fsp3) is 1.00. The first-order chi connectivity index (χ1) is 4.69. The molecule has 1 saturated carbocycles. The summed E-state index contributed by atoms with van der Waals surface area (Å²) in [6, 6.07) is 0. The number of hydrogen-bond acceptors (Lipinski definition) is 2. The number of hydrogen-bond donors (Lipinski definition) is 2. The Bertz CT molecular complexity index is 108. The van der Waals surface area contributed by atoms with Gasteiger partial charge >= 0.3 is 0 Å². The molecule has 1 atom stereocenters. The average Bonchev–Trinajstić information content (AvgIpc) is 2.64. The van der Waals surface area contributed by atoms with Gasteiger partial charge in [-0.05, 0) is 19.3 Å². The number of rotatable bonds is 4. The predicted molar refractivity (Wildman–Crippen MR) is 39.7 cm³/mol. The molecule has 0 aliphatic heterocycles. The molecule has 0 heterocycles. The van der Waals surface area contributed by atoms with Crippen LogP contribution < -0.4 is 0 Å². The van der Waals surface area contributed by atoms with Crippen LogP contribution >= 0.6 is 0 Å². The fourth-order valence-electron chi connectivity index (χ4n) is 1.13. The lowest BCUT2D eigenvalue weighted by atomic mass is 10.1. The highest BCUT2D eigenvalue weighted by molar-refractivity contribution is 4.99. The van der Waals surface area contributed by atoms with Crippen molar-refractivity contribution in [3.8, 4) is 0 Å². The Labute approximate surface area is 61.9 Å². The van der Waals surface area contributed by atoms with Crippen LogP contribution in [0.3, 0.4) is 0 Å². The minimum absolute atomic E-state index is 0.465. The highest BCUT2D eigenvalue weighted by atomic mass is 16.3. The van der Waals surface area contributed by atoms with Crippen LogP contribution in [0.4, 0.5) is 0 Å². The molecule has 1 rings (SSSR count). The summed E-state index contributed by atoms with van der Waals surface area (Å²) < 4.78 is 0. The molecule has 0 aromatic heterocycles. The van der Waals surface area contributed by atoms with Crippen molar-refractivity contribution in [1.82, 2.24) is 0 Å². The number of aliphatic hydroxyl groups excluding tert-OH is 1. The van der Waals surface area contributed by atoms with Crippen molar-refractivity contribution in [1.29, 1.82) is 0 Å². The molecule has 0 saturated heterocycles. The van der Waals surface area contributed by atoms with Gasteiger partial charge in [-0.1, -0.05) is 19.8 Å². The van der Waals surface area contributed by atoms with Gasteiger partial charge in [0.15, 0.2) is 0 Å². The van der Waals surface area contributed by atoms with Crippen LogP contribution in [-0.2, 0) is 0 Å². The van der Waals surface area contributed by atoms with Crippen molar-refractivity contribution >= 4 is 0 Å². The van der Waals surface area contributed by atoms with Crippen molar-refractivity contribution in [2.45, 2.75) is 50.7 Å². The van der Waals surface area contributed by atoms with Crippen LogP contribution in [0.2, 0.25) is 0 Å². The highest BCUT2D eigenvalue weighted by Crippen LogP contribution is 2.39. The van der Waals surface area contributed by atoms with E-state index in [0.29, 0.717) is 0 Å². The maximum Gasteiger partial charge on any atom is 0.0907 e. The Morgan fingerprint density at radius 2 is 2.10 bits per heavy atom. The largest absolute Gasteiger partial charge is 0.390 e. The predicted octanol–water partition coefficient (Wildman–Crippen LogP) is 1.06. The SMILES string of the molecule is CCCCC(O)C1(O)CC1. The Morgan fingerprint density at radius 1 is 1.50 bits per heavy atom. The van der Waals surface area contributed by atoms with Crippen LogP contribution in [0.25, 0.3) is 0 Å². The fourth-order valence-corrected chi connectivity index (χ4v) is 1.13. The zero-order valence-corrected chi connectivity index (χ0v) is 6.51. The molecule has 1 unspecified atom stereocenters. The van der Waals surface area contributed by atoms with E-state index in [-0.39, 0.29) is 0 Å². The van der Waals surface area contributed by atoms with Crippen molar-refractivity contribution in [3.05, 3.63) is 0 Å². The van der Waals surface area contributed by atoms with E-state index in [1.165, 1.54) is 0 Å². The Morgan fingerprint density at radius 3 is 2.50 bits per heavy atom. The zero-order valence-electron chi connectivity index (χ0n) is 6.51. The zero-order chi connectivity index (χ0) is 7.61. The van der Waals surface area contributed by atoms with E-state index in [9.17, 15) is 10.2 Å². The first-order valence-electron chi connectivity index (χ1n) is 4.09. The van der Waals surface area contributed by atoms with Gasteiger partial charge in [-0.25, -0.2) is 0 Å². The number of aliphatic hydroxyl groups is 2. The first-order valence-corrected chi connectivity index (χ1v) is 4.09. The molecule has 0 aromatic carbocycles. The third-order valence-corrected chi connectivity index (χ3v) is 2.21. The van der Waals surface area contributed by atoms with Gasteiger partial charge in [-0.15, -0.1) is 0 Å². The van der Waals surface area contributed by atoms with Gasteiger partial charge < -0.3 is 10.2 Å². The monoisotopic (exact) mass is 144 g/mol. The van der Waals surface area contributed by atoms with Crippen LogP contribution in [0, 0.1) is 0 Å². The maximum absolute atomic E-state index is 9.37. The van der Waals surface area contributed by atoms with Gasteiger partial charge in [-0.2, -0.15) is 0 Å². The van der Waals surface area contributed by atoms with Gasteiger partial charge in [0, 0.05) is 0 Å². The van der Waals surface area contributed by atoms with Crippen molar-refractivity contribution in [2.24, 2.45) is 0 Å². The maximum atomic E-state index is 9.37. The van der Waals surface area contributed by atoms with Crippen molar-refractivity contribution in [2.75, 3.05) is 0 Å². The molecule has 1 aliphatic rings. The molecular weight excluding hydrogens is 128 g/mol. The van der Waals surface area contributed by atoms with Gasteiger partial charge in [-0.3, -0.25) is 0 Å². The Hall–Kier alpha value is -0.0800. The Balaban J connectivity index is 2.15. The molecule has 60 valence electrons. The van der Waals surface area contributed by atoms with Crippen LogP contribution in [0.5, 0.6) is 0 Å². The van der Waals surface area contributed by atoms with Gasteiger partial charge in [0.05, 0.1) is 11.7 Å². The van der Waals surface area contributed by atoms with E-state index in [4.69, 9.17) is 0 Å². The summed E-state index contributed by atoms with van der Waals surface area (Å²) >= 11 is 0. The van der Waals surface area contributed by atoms with Crippen LogP contribution in [0.15, 0.2) is 0 Å². The molecule has 2 heteroatoms. The molecule has 0 aromatic rings. The summed E-state index contributed by atoms with van der Waals surface area (Å²) in [6.45, 7) is 2.09. The summed E-state index contributed by atoms with van der Waals surface area (Å²) in [5.74, 6) is 0. The molecule has 10 heavy (non-hydrogen) atoms. The van der Waals surface area contributed by atoms with Crippen LogP contribution in [0.1, 0.15) is 39.0 Å². The molecule has 0 radical (unpaired) electrons. The lowest BCUT2D eigenvalue weighted by molar-refractivity contribution is -0.00589. The van der Waals surface area contributed by atoms with Crippen LogP contribution in [-0.4, -0.2) is 21.9 Å². The van der Waals surface area contributed by atoms with E-state index < -0.39 is 11.7 Å². The summed E-state index contributed by atoms with van der Waals surface area (Å²) in [4.78, 5) is 0. The summed E-state index contributed by atoms with van der Waals surface area (Å²) in [5.41, 5.74) is -0.685. The minimum atomic E-state index is -0.685. The van der Waals surface area contributed by atoms with Gasteiger partial charge in [0.1, 0.15) is 0 Å². The van der Waals surface area contributed by atoms with Crippen molar-refractivity contribution < 1.29 is 10.2 Å². The molecule has 0 bridgehead atoms. The van der Waals surface area contributed by atoms with Crippen molar-refractivity contribution in [3.63, 3.8) is 0 Å². The van der Waals surface area contributed by atoms with E-state index in [1.54, 1.807) is 0 Å². The molecule has 1 aliphatic carbocycles. The topological polar surface area (TPSA) is 40.5 Å². The molecule has 1 fully saturated rings. The van der Waals surface area contributed by atoms with E-state index >= 15 is 0 Å². The van der Waals surface area contributed by atoms with E-state index in [1.807, 2.05) is 0 Å². The first kappa shape index (κ1) is 8.02. The molecule has 0 spiro atoms. The smallest absolute Gasteiger partial charge is 0.0907 e. The molecule has 0 amide bonds. The standard InChI is InChI=1S/C8H16O2/c1-2-3-4-7(9)8(10)5-6-8/h7,9-10H,2-6H2,1H3. The highest BCUT2D eigenvalue weighted by Gasteiger charge is 2.46. The summed E-state index contributed by atoms with van der Waals surface area (Å²) in [6.07, 6.45) is 3.98. The molecule has 2 N–H and O–H groups in total. The minimum Gasteiger partial charge on any atom is -0.390 e. The quantitative estimate of drug-likeness (QED) is 0.619. The van der Waals surface area contributed by atoms with Gasteiger partial charge in [0.25, 0.3) is 0 Å². The average molecular weight is 144 g/mol. The van der Waals surface area contributed by atoms with E-state index in [2.05, 4.69) is 6.92 Å². The van der Waals surface area contributed by atoms with E-state index in [0.717, 1.165) is 32.1 Å². The molecule has 2 nitrogen and oxygen atoms in total. The lowest BCUT2D eigenvalue weighted by Gasteiger charge is -2.15. The Kier molecular flexibility index (Phi) is 2.32. The third kappa shape index (κ3) is 1.70. The number of unbranched alkanes of at least 4 members (excludes halogenated alkanes) is 1. The lowest BCUT2D eigenvalue weighted by Crippen LogP contribution is -2.27. The normalized spacial score (nSPS) is 24.3. The third-order valence-electron chi connectivity index (χ3n) is 2.21. The second-order valence-corrected chi connectivity index (χ2v) is 3.26. The second kappa shape index (κ2) is 2.89. The van der Waals surface area contributed by atoms with Gasteiger partial charge in [0.2, 0.25) is 0 Å². The second-order valence-electron chi connectivity index (χ2n) is 3.26. The summed E-state index contributed by atoms with van der Waals surface area (Å²) in [5, 5.41) is 18.7. The molecular formula is C8H16O2. The summed E-state index contributed by atoms with van der Waals surface area (Å²) in [7, 11) is 0.